The van der Waals surface area contributed by atoms with Crippen molar-refractivity contribution in [3.63, 3.8) is 0 Å². The first kappa shape index (κ1) is 24.0. The normalized spacial score (nSPS) is 22.5. The molecule has 1 unspecified atom stereocenters. The molecule has 188 valence electrons. The van der Waals surface area contributed by atoms with E-state index in [0.29, 0.717) is 30.1 Å². The molecule has 3 aromatic heterocycles. The summed E-state index contributed by atoms with van der Waals surface area (Å²) in [4.78, 5) is 26.1. The lowest BCUT2D eigenvalue weighted by Crippen LogP contribution is -2.35. The molecule has 0 spiro atoms. The third kappa shape index (κ3) is 4.99. The molecule has 35 heavy (non-hydrogen) atoms. The number of aryl methyl sites for hydroxylation is 1. The van der Waals surface area contributed by atoms with Crippen molar-refractivity contribution in [3.05, 3.63) is 22.7 Å². The first-order chi connectivity index (χ1) is 16.8. The summed E-state index contributed by atoms with van der Waals surface area (Å²) in [5.41, 5.74) is 6.81. The highest BCUT2D eigenvalue weighted by Gasteiger charge is 2.31. The van der Waals surface area contributed by atoms with Crippen molar-refractivity contribution in [1.29, 1.82) is 0 Å². The van der Waals surface area contributed by atoms with E-state index in [1.807, 2.05) is 16.9 Å². The number of nitrogens with zero attached hydrogens (tertiary/aromatic N) is 5. The molecule has 1 fully saturated rings. The Morgan fingerprint density at radius 2 is 2.00 bits per heavy atom. The molecule has 3 N–H and O–H groups in total. The number of carbonyl (C=O) groups is 1. The molecule has 1 atom stereocenters. The highest BCUT2D eigenvalue weighted by atomic mass is 32.1. The van der Waals surface area contributed by atoms with Crippen LogP contribution in [0.15, 0.2) is 12.3 Å². The summed E-state index contributed by atoms with van der Waals surface area (Å²) >= 11 is 1.67. The zero-order chi connectivity index (χ0) is 24.7. The summed E-state index contributed by atoms with van der Waals surface area (Å²) in [5, 5.41) is 8.80. The second kappa shape index (κ2) is 9.73. The minimum atomic E-state index is -0.237. The van der Waals surface area contributed by atoms with Crippen molar-refractivity contribution in [1.82, 2.24) is 24.6 Å². The zero-order valence-corrected chi connectivity index (χ0v) is 21.8. The summed E-state index contributed by atoms with van der Waals surface area (Å²) in [6.45, 7) is 4.18. The van der Waals surface area contributed by atoms with Crippen LogP contribution in [0.2, 0.25) is 0 Å². The largest absolute Gasteiger partial charge is 0.474 e. The van der Waals surface area contributed by atoms with Crippen LogP contribution >= 0.6 is 11.3 Å². The molecule has 3 aromatic rings. The first-order valence-corrected chi connectivity index (χ1v) is 13.4. The van der Waals surface area contributed by atoms with Gasteiger partial charge in [0.05, 0.1) is 5.39 Å². The molecule has 0 radical (unpaired) electrons. The highest BCUT2D eigenvalue weighted by Crippen LogP contribution is 2.42. The lowest BCUT2D eigenvalue weighted by molar-refractivity contribution is -0.122. The van der Waals surface area contributed by atoms with Gasteiger partial charge in [-0.1, -0.05) is 0 Å². The molecule has 0 saturated heterocycles. The van der Waals surface area contributed by atoms with Crippen LogP contribution < -0.4 is 15.8 Å². The molecule has 1 amide bonds. The number of hydrogen-bond acceptors (Lipinski definition) is 8. The average molecular weight is 498 g/mol. The number of nitrogens with one attached hydrogen (secondary N) is 1. The van der Waals surface area contributed by atoms with E-state index in [4.69, 9.17) is 20.4 Å². The number of carbonyl (C=O) groups excluding carboxylic acids is 1. The minimum Gasteiger partial charge on any atom is -0.474 e. The Bertz CT molecular complexity index is 1210. The zero-order valence-electron chi connectivity index (χ0n) is 21.0. The summed E-state index contributed by atoms with van der Waals surface area (Å²) in [6, 6.07) is 2.79. The monoisotopic (exact) mass is 497 g/mol. The number of anilines is 2. The standard InChI is InChI=1S/C25H35N7O2S/c1-14(2)32-12-11-20(30-32)27-25-28-23(34-17-8-6-16(7-9-17)31(3)4)21-18-13-15(22(26)33)5-10-19(18)35-24(21)29-25/h11-12,14-17H,5-10,13H2,1-4H3,(H2,26,33)(H,27,28,29,30). The SMILES string of the molecule is CC(C)n1ccc(Nc2nc(OC3CCC(N(C)C)CC3)c3c4c(sc3n2)CCC(C(N)=O)C4)n1. The van der Waals surface area contributed by atoms with Gasteiger partial charge in [0.15, 0.2) is 5.82 Å². The van der Waals surface area contributed by atoms with Gasteiger partial charge in [0, 0.05) is 35.1 Å². The van der Waals surface area contributed by atoms with E-state index in [0.717, 1.165) is 54.3 Å². The van der Waals surface area contributed by atoms with Crippen LogP contribution in [0, 0.1) is 5.92 Å². The van der Waals surface area contributed by atoms with Gasteiger partial charge >= 0.3 is 0 Å². The van der Waals surface area contributed by atoms with Gasteiger partial charge < -0.3 is 20.7 Å². The minimum absolute atomic E-state index is 0.114. The lowest BCUT2D eigenvalue weighted by Gasteiger charge is -2.32. The number of amides is 1. The van der Waals surface area contributed by atoms with E-state index in [2.05, 4.69) is 43.3 Å². The van der Waals surface area contributed by atoms with Gasteiger partial charge in [0.1, 0.15) is 10.9 Å². The Morgan fingerprint density at radius 1 is 1.23 bits per heavy atom. The number of rotatable bonds is 7. The Balaban J connectivity index is 1.48. The fourth-order valence-electron chi connectivity index (χ4n) is 5.17. The number of primary amides is 1. The van der Waals surface area contributed by atoms with Gasteiger partial charge in [0.25, 0.3) is 0 Å². The molecule has 9 nitrogen and oxygen atoms in total. The van der Waals surface area contributed by atoms with E-state index in [1.165, 1.54) is 4.88 Å². The second-order valence-corrected chi connectivity index (χ2v) is 11.4. The molecule has 0 bridgehead atoms. The number of thiophene rings is 1. The third-order valence-electron chi connectivity index (χ3n) is 7.30. The molecule has 0 aliphatic heterocycles. The molecule has 2 aliphatic rings. The van der Waals surface area contributed by atoms with Gasteiger partial charge in [-0.3, -0.25) is 9.48 Å². The predicted octanol–water partition coefficient (Wildman–Crippen LogP) is 4.05. The van der Waals surface area contributed by atoms with Gasteiger partial charge in [-0.2, -0.15) is 10.1 Å². The fourth-order valence-corrected chi connectivity index (χ4v) is 6.38. The smallest absolute Gasteiger partial charge is 0.233 e. The quantitative estimate of drug-likeness (QED) is 0.506. The van der Waals surface area contributed by atoms with Crippen LogP contribution in [0.3, 0.4) is 0 Å². The average Bonchev–Trinajstić information content (AvgIpc) is 3.43. The molecule has 3 heterocycles. The third-order valence-corrected chi connectivity index (χ3v) is 8.49. The van der Waals surface area contributed by atoms with Crippen molar-refractivity contribution < 1.29 is 9.53 Å². The van der Waals surface area contributed by atoms with Crippen LogP contribution in [0.5, 0.6) is 5.88 Å². The topological polar surface area (TPSA) is 111 Å². The van der Waals surface area contributed by atoms with E-state index in [-0.39, 0.29) is 24.0 Å². The number of fused-ring (bicyclic) bond motifs is 3. The maximum atomic E-state index is 12.0. The van der Waals surface area contributed by atoms with Crippen molar-refractivity contribution in [2.45, 2.75) is 77.0 Å². The van der Waals surface area contributed by atoms with Crippen LogP contribution in [0.25, 0.3) is 10.2 Å². The first-order valence-electron chi connectivity index (χ1n) is 12.5. The molecular weight excluding hydrogens is 462 g/mol. The fraction of sp³-hybridized carbons (Fsp3) is 0.600. The van der Waals surface area contributed by atoms with Gasteiger partial charge in [0.2, 0.25) is 17.7 Å². The van der Waals surface area contributed by atoms with E-state index < -0.39 is 0 Å². The molecule has 10 heteroatoms. The Morgan fingerprint density at radius 3 is 2.66 bits per heavy atom. The highest BCUT2D eigenvalue weighted by molar-refractivity contribution is 7.18. The number of aromatic nitrogens is 4. The van der Waals surface area contributed by atoms with Gasteiger partial charge in [-0.15, -0.1) is 11.3 Å². The second-order valence-electron chi connectivity index (χ2n) is 10.3. The van der Waals surface area contributed by atoms with Crippen LogP contribution in [0.4, 0.5) is 11.8 Å². The molecule has 2 aliphatic carbocycles. The van der Waals surface area contributed by atoms with E-state index in [1.54, 1.807) is 11.3 Å². The Hall–Kier alpha value is -2.72. The van der Waals surface area contributed by atoms with Crippen molar-refractivity contribution in [3.8, 4) is 5.88 Å². The summed E-state index contributed by atoms with van der Waals surface area (Å²) < 4.78 is 8.49. The predicted molar refractivity (Wildman–Crippen MR) is 138 cm³/mol. The molecule has 1 saturated carbocycles. The Labute approximate surface area is 210 Å². The van der Waals surface area contributed by atoms with E-state index in [9.17, 15) is 4.79 Å². The van der Waals surface area contributed by atoms with Crippen molar-refractivity contribution in [2.75, 3.05) is 19.4 Å². The molecule has 0 aromatic carbocycles. The Kier molecular flexibility index (Phi) is 6.67. The summed E-state index contributed by atoms with van der Waals surface area (Å²) in [7, 11) is 4.29. The summed E-state index contributed by atoms with van der Waals surface area (Å²) in [5.74, 6) is 1.40. The summed E-state index contributed by atoms with van der Waals surface area (Å²) in [6.07, 6.45) is 8.50. The molecule has 5 rings (SSSR count). The lowest BCUT2D eigenvalue weighted by atomic mass is 9.87. The van der Waals surface area contributed by atoms with Gasteiger partial charge in [-0.25, -0.2) is 4.98 Å². The number of ether oxygens (including phenoxy) is 1. The number of nitrogens with two attached hydrogens (primary N) is 1. The van der Waals surface area contributed by atoms with Crippen molar-refractivity contribution in [2.24, 2.45) is 11.7 Å². The van der Waals surface area contributed by atoms with E-state index >= 15 is 0 Å². The molecular formula is C25H35N7O2S. The van der Waals surface area contributed by atoms with Crippen molar-refractivity contribution >= 4 is 39.2 Å². The van der Waals surface area contributed by atoms with Crippen LogP contribution in [-0.2, 0) is 17.6 Å². The van der Waals surface area contributed by atoms with Crippen LogP contribution in [-0.4, -0.2) is 56.8 Å². The number of hydrogen-bond donors (Lipinski definition) is 2. The maximum Gasteiger partial charge on any atom is 0.233 e. The van der Waals surface area contributed by atoms with Gasteiger partial charge in [-0.05, 0) is 78.5 Å². The maximum absolute atomic E-state index is 12.0. The van der Waals surface area contributed by atoms with Crippen LogP contribution in [0.1, 0.15) is 62.4 Å².